The van der Waals surface area contributed by atoms with Gasteiger partial charge in [0.15, 0.2) is 0 Å². The van der Waals surface area contributed by atoms with E-state index in [-0.39, 0.29) is 0 Å². The second-order valence-electron chi connectivity index (χ2n) is 6.56. The van der Waals surface area contributed by atoms with Gasteiger partial charge in [-0.1, -0.05) is 64.5 Å². The van der Waals surface area contributed by atoms with E-state index in [4.69, 9.17) is 0 Å². The summed E-state index contributed by atoms with van der Waals surface area (Å²) in [5.74, 6) is 0.645. The smallest absolute Gasteiger partial charge is 0.0104 e. The molecule has 0 aliphatic heterocycles. The molecule has 0 fully saturated rings. The Labute approximate surface area is 120 Å². The SMILES string of the molecule is CC/C=C/CC(C)/C=C/C1=C(CC)CCCC1(C)C. The first-order chi connectivity index (χ1) is 9.01. The number of rotatable bonds is 6. The quantitative estimate of drug-likeness (QED) is 0.481. The molecule has 108 valence electrons. The Kier molecular flexibility index (Phi) is 6.62. The first-order valence-electron chi connectivity index (χ1n) is 8.07. The molecule has 0 aromatic rings. The highest BCUT2D eigenvalue weighted by Crippen LogP contribution is 2.42. The number of hydrogen-bond acceptors (Lipinski definition) is 0. The second-order valence-corrected chi connectivity index (χ2v) is 6.56. The van der Waals surface area contributed by atoms with Crippen molar-refractivity contribution in [3.05, 3.63) is 35.5 Å². The predicted molar refractivity (Wildman–Crippen MR) is 87.3 cm³/mol. The zero-order valence-corrected chi connectivity index (χ0v) is 13.6. The van der Waals surface area contributed by atoms with E-state index in [0.717, 1.165) is 6.42 Å². The Hall–Kier alpha value is -0.780. The molecule has 0 amide bonds. The highest BCUT2D eigenvalue weighted by Gasteiger charge is 2.27. The maximum atomic E-state index is 2.43. The minimum absolute atomic E-state index is 0.374. The van der Waals surface area contributed by atoms with E-state index >= 15 is 0 Å². The van der Waals surface area contributed by atoms with E-state index in [1.54, 1.807) is 11.1 Å². The van der Waals surface area contributed by atoms with E-state index in [1.165, 1.54) is 32.1 Å². The fourth-order valence-electron chi connectivity index (χ4n) is 3.02. The standard InChI is InChI=1S/C19H32/c1-6-8-9-11-16(3)13-14-18-17(7-2)12-10-15-19(18,4)5/h8-9,13-14,16H,6-7,10-12,15H2,1-5H3/b9-8+,14-13+. The second kappa shape index (κ2) is 7.72. The third-order valence-electron chi connectivity index (χ3n) is 4.32. The van der Waals surface area contributed by atoms with Gasteiger partial charge in [0.1, 0.15) is 0 Å². The van der Waals surface area contributed by atoms with Gasteiger partial charge >= 0.3 is 0 Å². The minimum atomic E-state index is 0.374. The molecule has 1 aliphatic carbocycles. The van der Waals surface area contributed by atoms with Gasteiger partial charge in [0.05, 0.1) is 0 Å². The molecule has 0 spiro atoms. The van der Waals surface area contributed by atoms with Crippen LogP contribution < -0.4 is 0 Å². The van der Waals surface area contributed by atoms with Crippen LogP contribution in [0.5, 0.6) is 0 Å². The molecule has 1 aliphatic rings. The Bertz CT molecular complexity index is 352. The lowest BCUT2D eigenvalue weighted by Gasteiger charge is -2.34. The van der Waals surface area contributed by atoms with Crippen molar-refractivity contribution in [2.75, 3.05) is 0 Å². The summed E-state index contributed by atoms with van der Waals surface area (Å²) in [6, 6.07) is 0. The minimum Gasteiger partial charge on any atom is -0.0888 e. The third-order valence-corrected chi connectivity index (χ3v) is 4.32. The first-order valence-corrected chi connectivity index (χ1v) is 8.07. The highest BCUT2D eigenvalue weighted by molar-refractivity contribution is 5.33. The van der Waals surface area contributed by atoms with Gasteiger partial charge in [-0.3, -0.25) is 0 Å². The molecule has 0 bridgehead atoms. The van der Waals surface area contributed by atoms with E-state index in [0.29, 0.717) is 11.3 Å². The zero-order valence-electron chi connectivity index (χ0n) is 13.6. The van der Waals surface area contributed by atoms with E-state index < -0.39 is 0 Å². The Balaban J connectivity index is 2.76. The van der Waals surface area contributed by atoms with Crippen molar-refractivity contribution < 1.29 is 0 Å². The van der Waals surface area contributed by atoms with Crippen LogP contribution in [0.2, 0.25) is 0 Å². The van der Waals surface area contributed by atoms with Gasteiger partial charge in [0.25, 0.3) is 0 Å². The Morgan fingerprint density at radius 3 is 2.58 bits per heavy atom. The summed E-state index contributed by atoms with van der Waals surface area (Å²) in [6.45, 7) is 11.6. The van der Waals surface area contributed by atoms with Crippen molar-refractivity contribution in [3.8, 4) is 0 Å². The van der Waals surface area contributed by atoms with Crippen molar-refractivity contribution in [3.63, 3.8) is 0 Å². The average Bonchev–Trinajstić information content (AvgIpc) is 2.36. The summed E-state index contributed by atoms with van der Waals surface area (Å²) in [5.41, 5.74) is 3.68. The fourth-order valence-corrected chi connectivity index (χ4v) is 3.02. The highest BCUT2D eigenvalue weighted by atomic mass is 14.3. The zero-order chi connectivity index (χ0) is 14.3. The van der Waals surface area contributed by atoms with Crippen LogP contribution in [-0.4, -0.2) is 0 Å². The molecule has 0 aromatic carbocycles. The van der Waals surface area contributed by atoms with Crippen LogP contribution in [0.25, 0.3) is 0 Å². The van der Waals surface area contributed by atoms with Crippen LogP contribution in [0.1, 0.15) is 73.1 Å². The van der Waals surface area contributed by atoms with Crippen molar-refractivity contribution >= 4 is 0 Å². The molecule has 1 rings (SSSR count). The van der Waals surface area contributed by atoms with E-state index in [9.17, 15) is 0 Å². The van der Waals surface area contributed by atoms with E-state index in [1.807, 2.05) is 0 Å². The van der Waals surface area contributed by atoms with Gasteiger partial charge in [0, 0.05) is 0 Å². The Morgan fingerprint density at radius 1 is 1.21 bits per heavy atom. The predicted octanol–water partition coefficient (Wildman–Crippen LogP) is 6.45. The van der Waals surface area contributed by atoms with Crippen molar-refractivity contribution in [1.29, 1.82) is 0 Å². The molecule has 0 N–H and O–H groups in total. The first kappa shape index (κ1) is 16.3. The molecule has 0 saturated heterocycles. The summed E-state index contributed by atoms with van der Waals surface area (Å²) in [6.07, 6.45) is 17.0. The molecule has 1 unspecified atom stereocenters. The van der Waals surface area contributed by atoms with E-state index in [2.05, 4.69) is 58.9 Å². The molecule has 19 heavy (non-hydrogen) atoms. The average molecular weight is 260 g/mol. The summed E-state index contributed by atoms with van der Waals surface area (Å²) < 4.78 is 0. The normalized spacial score (nSPS) is 21.5. The van der Waals surface area contributed by atoms with Gasteiger partial charge < -0.3 is 0 Å². The number of allylic oxidation sites excluding steroid dienone is 6. The molecule has 0 heteroatoms. The lowest BCUT2D eigenvalue weighted by Crippen LogP contribution is -2.19. The van der Waals surface area contributed by atoms with Crippen molar-refractivity contribution in [2.24, 2.45) is 11.3 Å². The fraction of sp³-hybridized carbons (Fsp3) is 0.684. The largest absolute Gasteiger partial charge is 0.0888 e. The van der Waals surface area contributed by atoms with Gasteiger partial charge in [-0.25, -0.2) is 0 Å². The van der Waals surface area contributed by atoms with Gasteiger partial charge in [-0.2, -0.15) is 0 Å². The topological polar surface area (TPSA) is 0 Å². The molecular weight excluding hydrogens is 228 g/mol. The monoisotopic (exact) mass is 260 g/mol. The molecule has 0 aromatic heterocycles. The summed E-state index contributed by atoms with van der Waals surface area (Å²) >= 11 is 0. The maximum Gasteiger partial charge on any atom is -0.0104 e. The van der Waals surface area contributed by atoms with Crippen LogP contribution in [0.15, 0.2) is 35.5 Å². The Morgan fingerprint density at radius 2 is 1.95 bits per heavy atom. The van der Waals surface area contributed by atoms with Gasteiger partial charge in [-0.15, -0.1) is 0 Å². The number of hydrogen-bond donors (Lipinski definition) is 0. The van der Waals surface area contributed by atoms with Gasteiger partial charge in [-0.05, 0) is 55.4 Å². The molecule has 0 radical (unpaired) electrons. The van der Waals surface area contributed by atoms with Crippen LogP contribution in [0.4, 0.5) is 0 Å². The van der Waals surface area contributed by atoms with Crippen molar-refractivity contribution in [1.82, 2.24) is 0 Å². The van der Waals surface area contributed by atoms with Crippen LogP contribution in [0, 0.1) is 11.3 Å². The third kappa shape index (κ3) is 5.01. The molecule has 0 saturated carbocycles. The summed E-state index contributed by atoms with van der Waals surface area (Å²) in [4.78, 5) is 0. The molecule has 1 atom stereocenters. The molecule has 0 nitrogen and oxygen atoms in total. The van der Waals surface area contributed by atoms with Gasteiger partial charge in [0.2, 0.25) is 0 Å². The van der Waals surface area contributed by atoms with Crippen LogP contribution in [-0.2, 0) is 0 Å². The molecular formula is C19H32. The summed E-state index contributed by atoms with van der Waals surface area (Å²) in [7, 11) is 0. The maximum absolute atomic E-state index is 2.43. The lowest BCUT2D eigenvalue weighted by molar-refractivity contribution is 0.373. The van der Waals surface area contributed by atoms with Crippen molar-refractivity contribution in [2.45, 2.75) is 73.1 Å². The summed E-state index contributed by atoms with van der Waals surface area (Å²) in [5, 5.41) is 0. The molecule has 0 heterocycles. The lowest BCUT2D eigenvalue weighted by atomic mass is 9.71. The van der Waals surface area contributed by atoms with Crippen LogP contribution >= 0.6 is 0 Å². The van der Waals surface area contributed by atoms with Crippen LogP contribution in [0.3, 0.4) is 0 Å².